The maximum atomic E-state index is 14.0. The Morgan fingerprint density at radius 3 is 2.62 bits per heavy atom. The maximum absolute atomic E-state index is 14.0. The van der Waals surface area contributed by atoms with E-state index in [-0.39, 0.29) is 5.56 Å². The van der Waals surface area contributed by atoms with Crippen LogP contribution >= 0.6 is 0 Å². The standard InChI is InChI=1S/C17H13F2NO5S/c18-11-6-7-13(19)12(8-11)15-14(21)16(17(20)24-15)25-26(22,23)9-10-4-2-1-3-5-10/h1-8,15H,9,20H2/t15-/m1/s1/i9D2,15D. The average Bonchev–Trinajstić information content (AvgIpc) is 2.88. The van der Waals surface area contributed by atoms with E-state index in [1.807, 2.05) is 0 Å². The fourth-order valence-corrected chi connectivity index (χ4v) is 2.97. The van der Waals surface area contributed by atoms with E-state index in [4.69, 9.17) is 14.6 Å². The first-order valence-electron chi connectivity index (χ1n) is 8.59. The van der Waals surface area contributed by atoms with E-state index in [0.29, 0.717) is 12.1 Å². The van der Waals surface area contributed by atoms with E-state index in [0.717, 1.165) is 6.07 Å². The van der Waals surface area contributed by atoms with Gasteiger partial charge in [-0.3, -0.25) is 4.79 Å². The summed E-state index contributed by atoms with van der Waals surface area (Å²) in [6.45, 7) is 0. The molecule has 9 heteroatoms. The van der Waals surface area contributed by atoms with Gasteiger partial charge in [0.1, 0.15) is 17.3 Å². The Kier molecular flexibility index (Phi) is 3.70. The van der Waals surface area contributed by atoms with Crippen LogP contribution < -0.4 is 5.73 Å². The number of rotatable bonds is 5. The molecule has 2 aromatic carbocycles. The number of hydrogen-bond acceptors (Lipinski definition) is 6. The number of hydrogen-bond donors (Lipinski definition) is 1. The summed E-state index contributed by atoms with van der Waals surface area (Å²) in [5.41, 5.74) is 1.20. The highest BCUT2D eigenvalue weighted by Crippen LogP contribution is 2.34. The number of carbonyl (C=O) groups excluding carboxylic acids is 1. The van der Waals surface area contributed by atoms with E-state index >= 15 is 0 Å². The monoisotopic (exact) mass is 384 g/mol. The molecule has 6 nitrogen and oxygen atoms in total. The normalized spacial score (nSPS) is 22.4. The maximum Gasteiger partial charge on any atom is 0.313 e. The number of halogens is 2. The van der Waals surface area contributed by atoms with Gasteiger partial charge in [-0.05, 0) is 23.8 Å². The Hall–Kier alpha value is -2.94. The zero-order chi connectivity index (χ0) is 21.6. The minimum Gasteiger partial charge on any atom is -0.460 e. The predicted octanol–water partition coefficient (Wildman–Crippen LogP) is 2.28. The van der Waals surface area contributed by atoms with Gasteiger partial charge in [0.05, 0.1) is 4.11 Å². The molecule has 0 saturated heterocycles. The van der Waals surface area contributed by atoms with Gasteiger partial charge >= 0.3 is 10.1 Å². The minimum absolute atomic E-state index is 0.293. The molecule has 0 unspecified atom stereocenters. The van der Waals surface area contributed by atoms with E-state index < -0.39 is 56.5 Å². The number of benzene rings is 2. The van der Waals surface area contributed by atoms with Crippen molar-refractivity contribution in [2.45, 2.75) is 11.8 Å². The highest BCUT2D eigenvalue weighted by atomic mass is 32.2. The SMILES string of the molecule is [2H]C([2H])(c1ccccc1)S(=O)(=O)OC1=C(N)O[C@]([2H])(c2cc(F)ccc2F)C1=O. The summed E-state index contributed by atoms with van der Waals surface area (Å²) < 4.78 is 85.7. The van der Waals surface area contributed by atoms with E-state index in [9.17, 15) is 22.0 Å². The van der Waals surface area contributed by atoms with Crippen molar-refractivity contribution in [3.63, 3.8) is 0 Å². The number of nitrogens with two attached hydrogens (primary N) is 1. The molecule has 136 valence electrons. The molecule has 0 radical (unpaired) electrons. The number of carbonyl (C=O) groups is 1. The third kappa shape index (κ3) is 3.67. The molecule has 0 bridgehead atoms. The summed E-state index contributed by atoms with van der Waals surface area (Å²) in [5.74, 6) is -5.88. The zero-order valence-electron chi connectivity index (χ0n) is 15.9. The van der Waals surface area contributed by atoms with Crippen molar-refractivity contribution in [1.82, 2.24) is 0 Å². The second-order valence-corrected chi connectivity index (χ2v) is 6.36. The first-order valence-corrected chi connectivity index (χ1v) is 8.49. The highest BCUT2D eigenvalue weighted by molar-refractivity contribution is 7.86. The third-order valence-electron chi connectivity index (χ3n) is 3.23. The summed E-state index contributed by atoms with van der Waals surface area (Å²) >= 11 is 0. The molecule has 26 heavy (non-hydrogen) atoms. The predicted molar refractivity (Wildman–Crippen MR) is 86.6 cm³/mol. The van der Waals surface area contributed by atoms with E-state index in [1.165, 1.54) is 30.3 Å². The van der Waals surface area contributed by atoms with Gasteiger partial charge in [0.15, 0.2) is 6.08 Å². The Bertz CT molecular complexity index is 1130. The fourth-order valence-electron chi connectivity index (χ4n) is 2.13. The van der Waals surface area contributed by atoms with Crippen LogP contribution in [0.15, 0.2) is 60.2 Å². The number of ketones is 1. The first-order chi connectivity index (χ1) is 13.4. The van der Waals surface area contributed by atoms with Gasteiger partial charge in [0, 0.05) is 5.56 Å². The summed E-state index contributed by atoms with van der Waals surface area (Å²) in [7, 11) is -5.17. The van der Waals surface area contributed by atoms with Crippen LogP contribution in [0.1, 0.15) is 21.3 Å². The Morgan fingerprint density at radius 2 is 1.92 bits per heavy atom. The Labute approximate surface area is 152 Å². The molecule has 3 rings (SSSR count). The van der Waals surface area contributed by atoms with Gasteiger partial charge < -0.3 is 14.7 Å². The molecule has 1 heterocycles. The molecule has 0 saturated carbocycles. The largest absolute Gasteiger partial charge is 0.460 e. The molecule has 0 aromatic heterocycles. The van der Waals surface area contributed by atoms with Crippen LogP contribution in [0.5, 0.6) is 0 Å². The van der Waals surface area contributed by atoms with Gasteiger partial charge in [-0.15, -0.1) is 0 Å². The lowest BCUT2D eigenvalue weighted by molar-refractivity contribution is -0.123. The van der Waals surface area contributed by atoms with Crippen molar-refractivity contribution in [1.29, 1.82) is 0 Å². The smallest absolute Gasteiger partial charge is 0.313 e. The lowest BCUT2D eigenvalue weighted by Crippen LogP contribution is -2.17. The molecule has 0 aliphatic carbocycles. The van der Waals surface area contributed by atoms with Crippen molar-refractivity contribution < 1.29 is 35.0 Å². The molecule has 1 aliphatic heterocycles. The van der Waals surface area contributed by atoms with Crippen LogP contribution in [-0.2, 0) is 29.5 Å². The average molecular weight is 384 g/mol. The molecule has 0 amide bonds. The van der Waals surface area contributed by atoms with Gasteiger partial charge in [0.2, 0.25) is 17.4 Å². The summed E-state index contributed by atoms with van der Waals surface area (Å²) in [6.07, 6.45) is -2.94. The quantitative estimate of drug-likeness (QED) is 0.795. The van der Waals surface area contributed by atoms with Gasteiger partial charge in [-0.1, -0.05) is 30.3 Å². The van der Waals surface area contributed by atoms with Crippen LogP contribution in [0.2, 0.25) is 0 Å². The fraction of sp³-hybridized carbons (Fsp3) is 0.118. The summed E-state index contributed by atoms with van der Waals surface area (Å²) in [6, 6.07) is 8.60. The molecular weight excluding hydrogens is 368 g/mol. The Morgan fingerprint density at radius 1 is 1.23 bits per heavy atom. The van der Waals surface area contributed by atoms with Crippen molar-refractivity contribution in [2.24, 2.45) is 5.73 Å². The molecule has 0 fully saturated rings. The van der Waals surface area contributed by atoms with E-state index in [1.54, 1.807) is 0 Å². The second-order valence-electron chi connectivity index (χ2n) is 5.08. The first kappa shape index (κ1) is 14.3. The number of ether oxygens (including phenoxy) is 1. The second kappa shape index (κ2) is 6.75. The van der Waals surface area contributed by atoms with Crippen LogP contribution in [-0.4, -0.2) is 14.2 Å². The minimum atomic E-state index is -5.17. The van der Waals surface area contributed by atoms with Crippen LogP contribution in [0.4, 0.5) is 8.78 Å². The molecule has 0 spiro atoms. The molecule has 1 aliphatic rings. The lowest BCUT2D eigenvalue weighted by Gasteiger charge is -2.11. The number of Topliss-reactive ketones (excluding diaryl/α,β-unsaturated/α-hetero) is 1. The van der Waals surface area contributed by atoms with Crippen LogP contribution in [0.3, 0.4) is 0 Å². The zero-order valence-corrected chi connectivity index (χ0v) is 13.7. The van der Waals surface area contributed by atoms with Crippen molar-refractivity contribution in [2.75, 3.05) is 0 Å². The summed E-state index contributed by atoms with van der Waals surface area (Å²) in [4.78, 5) is 12.6. The van der Waals surface area contributed by atoms with Crippen molar-refractivity contribution >= 4 is 15.9 Å². The lowest BCUT2D eigenvalue weighted by atomic mass is 10.1. The third-order valence-corrected chi connectivity index (χ3v) is 4.10. The van der Waals surface area contributed by atoms with Crippen LogP contribution in [0.25, 0.3) is 0 Å². The van der Waals surface area contributed by atoms with Crippen LogP contribution in [0, 0.1) is 11.6 Å². The highest BCUT2D eigenvalue weighted by Gasteiger charge is 2.40. The Balaban J connectivity index is 1.97. The molecule has 2 aromatic rings. The van der Waals surface area contributed by atoms with E-state index in [2.05, 4.69) is 4.18 Å². The van der Waals surface area contributed by atoms with Gasteiger partial charge in [-0.2, -0.15) is 8.42 Å². The summed E-state index contributed by atoms with van der Waals surface area (Å²) in [5, 5.41) is 0. The van der Waals surface area contributed by atoms with Gasteiger partial charge in [-0.25, -0.2) is 8.78 Å². The van der Waals surface area contributed by atoms with Gasteiger partial charge in [0.25, 0.3) is 0 Å². The van der Waals surface area contributed by atoms with Crippen molar-refractivity contribution in [3.05, 3.63) is 82.9 Å². The molecule has 1 atom stereocenters. The molecular formula is C17H13F2NO5S. The molecule has 2 N–H and O–H groups in total. The topological polar surface area (TPSA) is 95.7 Å². The van der Waals surface area contributed by atoms with Crippen molar-refractivity contribution in [3.8, 4) is 0 Å².